The minimum absolute atomic E-state index is 0.210. The van der Waals surface area contributed by atoms with Crippen molar-refractivity contribution in [2.75, 3.05) is 0 Å². The largest absolute Gasteiger partial charge is 0.366 e. The van der Waals surface area contributed by atoms with Gasteiger partial charge in [0.2, 0.25) is 0 Å². The van der Waals surface area contributed by atoms with E-state index < -0.39 is 5.91 Å². The lowest BCUT2D eigenvalue weighted by molar-refractivity contribution is 0.1000. The Balaban J connectivity index is 2.67. The van der Waals surface area contributed by atoms with E-state index >= 15 is 0 Å². The molecule has 0 saturated carbocycles. The van der Waals surface area contributed by atoms with Crippen LogP contribution in [0.4, 0.5) is 0 Å². The van der Waals surface area contributed by atoms with E-state index in [9.17, 15) is 4.79 Å². The smallest absolute Gasteiger partial charge is 0.251 e. The Morgan fingerprint density at radius 2 is 1.85 bits per heavy atom. The van der Waals surface area contributed by atoms with Crippen LogP contribution in [0.2, 0.25) is 0 Å². The highest BCUT2D eigenvalue weighted by Crippen LogP contribution is 2.35. The van der Waals surface area contributed by atoms with E-state index in [1.807, 2.05) is 19.1 Å². The second-order valence-corrected chi connectivity index (χ2v) is 8.05. The summed E-state index contributed by atoms with van der Waals surface area (Å²) < 4.78 is 2.27. The molecular formula is C22H29N3O. The molecule has 26 heavy (non-hydrogen) atoms. The van der Waals surface area contributed by atoms with Crippen molar-refractivity contribution < 1.29 is 4.79 Å². The number of hydrogen-bond acceptors (Lipinski definition) is 2. The van der Waals surface area contributed by atoms with Gasteiger partial charge in [0.05, 0.1) is 17.2 Å². The van der Waals surface area contributed by atoms with Crippen molar-refractivity contribution in [3.63, 3.8) is 0 Å². The summed E-state index contributed by atoms with van der Waals surface area (Å²) in [6, 6.07) is 9.54. The van der Waals surface area contributed by atoms with Gasteiger partial charge >= 0.3 is 0 Å². The summed E-state index contributed by atoms with van der Waals surface area (Å²) in [7, 11) is 0. The molecule has 1 amide bonds. The first-order valence-electron chi connectivity index (χ1n) is 9.22. The van der Waals surface area contributed by atoms with E-state index in [2.05, 4.69) is 38.3 Å². The molecule has 1 heterocycles. The molecule has 0 unspecified atom stereocenters. The van der Waals surface area contributed by atoms with E-state index in [1.54, 1.807) is 12.1 Å². The maximum absolute atomic E-state index is 12.3. The van der Waals surface area contributed by atoms with Crippen LogP contribution in [0.25, 0.3) is 11.1 Å². The minimum atomic E-state index is -0.395. The molecule has 0 aliphatic rings. The first kappa shape index (κ1) is 19.8. The van der Waals surface area contributed by atoms with Gasteiger partial charge in [-0.3, -0.25) is 4.79 Å². The molecular weight excluding hydrogens is 322 g/mol. The lowest BCUT2D eigenvalue weighted by Crippen LogP contribution is -2.15. The summed E-state index contributed by atoms with van der Waals surface area (Å²) in [5.74, 6) is -0.395. The molecule has 4 nitrogen and oxygen atoms in total. The van der Waals surface area contributed by atoms with Crippen LogP contribution in [0.15, 0.2) is 24.3 Å². The fourth-order valence-electron chi connectivity index (χ4n) is 3.37. The third kappa shape index (κ3) is 4.16. The zero-order valence-electron chi connectivity index (χ0n) is 16.5. The summed E-state index contributed by atoms with van der Waals surface area (Å²) in [5.41, 5.74) is 11.1. The molecule has 2 aromatic rings. The molecule has 0 aliphatic heterocycles. The SMILES string of the molecule is CCCc1c(-c2ccc(C#N)cc2)c(C(N)=O)c(C)n1CCC(C)(C)C. The Morgan fingerprint density at radius 1 is 1.23 bits per heavy atom. The van der Waals surface area contributed by atoms with Crippen LogP contribution in [0.5, 0.6) is 0 Å². The average molecular weight is 351 g/mol. The van der Waals surface area contributed by atoms with Crippen molar-refractivity contribution in [3.8, 4) is 17.2 Å². The fraction of sp³-hybridized carbons (Fsp3) is 0.455. The van der Waals surface area contributed by atoms with Crippen LogP contribution in [-0.4, -0.2) is 10.5 Å². The molecule has 0 spiro atoms. The number of carbonyl (C=O) groups excluding carboxylic acids is 1. The van der Waals surface area contributed by atoms with Crippen LogP contribution >= 0.6 is 0 Å². The van der Waals surface area contributed by atoms with Gasteiger partial charge in [0.1, 0.15) is 0 Å². The van der Waals surface area contributed by atoms with E-state index in [-0.39, 0.29) is 5.41 Å². The average Bonchev–Trinajstić information content (AvgIpc) is 2.85. The van der Waals surface area contributed by atoms with Crippen molar-refractivity contribution in [1.82, 2.24) is 4.57 Å². The standard InChI is InChI=1S/C22H29N3O/c1-6-7-18-20(17-10-8-16(14-23)9-11-17)19(21(24)26)15(2)25(18)13-12-22(3,4)5/h8-11H,6-7,12-13H2,1-5H3,(H2,24,26). The maximum atomic E-state index is 12.3. The molecule has 0 fully saturated rings. The predicted octanol–water partition coefficient (Wildman–Crippen LogP) is 4.82. The lowest BCUT2D eigenvalue weighted by Gasteiger charge is -2.21. The number of nitrogens with two attached hydrogens (primary N) is 1. The third-order valence-corrected chi connectivity index (χ3v) is 4.75. The minimum Gasteiger partial charge on any atom is -0.366 e. The van der Waals surface area contributed by atoms with E-state index in [4.69, 9.17) is 11.0 Å². The molecule has 0 aliphatic carbocycles. The number of amides is 1. The van der Waals surface area contributed by atoms with E-state index in [0.29, 0.717) is 11.1 Å². The van der Waals surface area contributed by atoms with Crippen LogP contribution < -0.4 is 5.73 Å². The van der Waals surface area contributed by atoms with Crippen LogP contribution in [0.1, 0.15) is 67.8 Å². The number of nitriles is 1. The van der Waals surface area contributed by atoms with E-state index in [0.717, 1.165) is 48.3 Å². The van der Waals surface area contributed by atoms with Gasteiger partial charge in [-0.2, -0.15) is 5.26 Å². The first-order chi connectivity index (χ1) is 12.2. The van der Waals surface area contributed by atoms with Gasteiger partial charge in [0.25, 0.3) is 5.91 Å². The van der Waals surface area contributed by atoms with Crippen molar-refractivity contribution in [2.24, 2.45) is 11.1 Å². The second kappa shape index (κ2) is 7.78. The highest BCUT2D eigenvalue weighted by atomic mass is 16.1. The summed E-state index contributed by atoms with van der Waals surface area (Å²) in [6.07, 6.45) is 2.89. The summed E-state index contributed by atoms with van der Waals surface area (Å²) in [4.78, 5) is 12.3. The molecule has 2 N–H and O–H groups in total. The Labute approximate surface area is 156 Å². The number of hydrogen-bond donors (Lipinski definition) is 1. The van der Waals surface area contributed by atoms with Gasteiger partial charge in [-0.05, 0) is 42.9 Å². The van der Waals surface area contributed by atoms with Crippen LogP contribution in [0, 0.1) is 23.7 Å². The Hall–Kier alpha value is -2.54. The van der Waals surface area contributed by atoms with Crippen molar-refractivity contribution >= 4 is 5.91 Å². The van der Waals surface area contributed by atoms with Gasteiger partial charge in [0.15, 0.2) is 0 Å². The fourth-order valence-corrected chi connectivity index (χ4v) is 3.37. The molecule has 0 saturated heterocycles. The highest BCUT2D eigenvalue weighted by molar-refractivity contribution is 6.02. The zero-order valence-corrected chi connectivity index (χ0v) is 16.5. The molecule has 0 atom stereocenters. The van der Waals surface area contributed by atoms with Crippen molar-refractivity contribution in [3.05, 3.63) is 46.8 Å². The second-order valence-electron chi connectivity index (χ2n) is 8.05. The normalized spacial score (nSPS) is 11.4. The summed E-state index contributed by atoms with van der Waals surface area (Å²) >= 11 is 0. The topological polar surface area (TPSA) is 71.8 Å². The Morgan fingerprint density at radius 3 is 2.31 bits per heavy atom. The van der Waals surface area contributed by atoms with Gasteiger partial charge < -0.3 is 10.3 Å². The molecule has 4 heteroatoms. The first-order valence-corrected chi connectivity index (χ1v) is 9.22. The summed E-state index contributed by atoms with van der Waals surface area (Å²) in [6.45, 7) is 11.7. The number of nitrogens with zero attached hydrogens (tertiary/aromatic N) is 2. The number of rotatable bonds is 6. The van der Waals surface area contributed by atoms with Gasteiger partial charge in [-0.15, -0.1) is 0 Å². The quantitative estimate of drug-likeness (QED) is 0.810. The highest BCUT2D eigenvalue weighted by Gasteiger charge is 2.25. The number of benzene rings is 1. The third-order valence-electron chi connectivity index (χ3n) is 4.75. The number of carbonyl (C=O) groups is 1. The Bertz CT molecular complexity index is 830. The van der Waals surface area contributed by atoms with Gasteiger partial charge in [-0.25, -0.2) is 0 Å². The molecule has 1 aromatic carbocycles. The summed E-state index contributed by atoms with van der Waals surface area (Å²) in [5, 5.41) is 9.05. The monoisotopic (exact) mass is 351 g/mol. The van der Waals surface area contributed by atoms with Crippen molar-refractivity contribution in [2.45, 2.75) is 60.4 Å². The van der Waals surface area contributed by atoms with Crippen molar-refractivity contribution in [1.29, 1.82) is 5.26 Å². The molecule has 2 rings (SSSR count). The van der Waals surface area contributed by atoms with E-state index in [1.165, 1.54) is 0 Å². The molecule has 0 radical (unpaired) electrons. The zero-order chi connectivity index (χ0) is 19.5. The number of aromatic nitrogens is 1. The van der Waals surface area contributed by atoms with Crippen LogP contribution in [-0.2, 0) is 13.0 Å². The lowest BCUT2D eigenvalue weighted by atomic mass is 9.92. The molecule has 0 bridgehead atoms. The van der Waals surface area contributed by atoms with Gasteiger partial charge in [-0.1, -0.05) is 46.2 Å². The maximum Gasteiger partial charge on any atom is 0.251 e. The molecule has 1 aromatic heterocycles. The number of primary amides is 1. The Kier molecular flexibility index (Phi) is 5.92. The van der Waals surface area contributed by atoms with Gasteiger partial charge in [0, 0.05) is 23.5 Å². The van der Waals surface area contributed by atoms with Crippen LogP contribution in [0.3, 0.4) is 0 Å². The predicted molar refractivity (Wildman–Crippen MR) is 106 cm³/mol. The molecule has 138 valence electrons.